The van der Waals surface area contributed by atoms with E-state index in [1.165, 1.54) is 10.9 Å². The Kier molecular flexibility index (Phi) is 6.55. The molecule has 3 aromatic rings. The van der Waals surface area contributed by atoms with E-state index in [-0.39, 0.29) is 25.0 Å². The molecule has 0 spiro atoms. The SMILES string of the molecule is CC[C@@H](CO)NCc1nn(Cc2c(F)cccc2Cl)nc1-c1ccccc1. The van der Waals surface area contributed by atoms with Crippen molar-refractivity contribution in [2.24, 2.45) is 0 Å². The number of hydrogen-bond acceptors (Lipinski definition) is 4. The summed E-state index contributed by atoms with van der Waals surface area (Å²) in [5.41, 5.74) is 2.75. The quantitative estimate of drug-likeness (QED) is 0.618. The van der Waals surface area contributed by atoms with Crippen molar-refractivity contribution in [2.45, 2.75) is 32.5 Å². The van der Waals surface area contributed by atoms with Gasteiger partial charge in [-0.2, -0.15) is 15.0 Å². The van der Waals surface area contributed by atoms with Crippen LogP contribution in [0.15, 0.2) is 48.5 Å². The molecule has 0 saturated carbocycles. The zero-order chi connectivity index (χ0) is 19.2. The monoisotopic (exact) mass is 388 g/mol. The molecular weight excluding hydrogens is 367 g/mol. The minimum Gasteiger partial charge on any atom is -0.395 e. The molecule has 0 aliphatic heterocycles. The van der Waals surface area contributed by atoms with E-state index in [1.807, 2.05) is 37.3 Å². The maximum atomic E-state index is 14.1. The fourth-order valence-corrected chi connectivity index (χ4v) is 3.02. The maximum Gasteiger partial charge on any atom is 0.129 e. The van der Waals surface area contributed by atoms with Crippen LogP contribution < -0.4 is 5.32 Å². The van der Waals surface area contributed by atoms with Crippen molar-refractivity contribution in [3.05, 3.63) is 70.6 Å². The number of aromatic nitrogens is 3. The summed E-state index contributed by atoms with van der Waals surface area (Å²) >= 11 is 6.13. The van der Waals surface area contributed by atoms with Crippen LogP contribution in [0.2, 0.25) is 5.02 Å². The molecule has 1 aromatic heterocycles. The maximum absolute atomic E-state index is 14.1. The molecule has 27 heavy (non-hydrogen) atoms. The molecule has 2 N–H and O–H groups in total. The Morgan fingerprint density at radius 2 is 1.93 bits per heavy atom. The Balaban J connectivity index is 1.92. The van der Waals surface area contributed by atoms with Crippen molar-refractivity contribution in [3.63, 3.8) is 0 Å². The van der Waals surface area contributed by atoms with Gasteiger partial charge in [0.1, 0.15) is 17.2 Å². The Hall–Kier alpha value is -2.28. The summed E-state index contributed by atoms with van der Waals surface area (Å²) in [6.07, 6.45) is 0.802. The number of hydrogen-bond donors (Lipinski definition) is 2. The van der Waals surface area contributed by atoms with Crippen LogP contribution in [-0.4, -0.2) is 32.7 Å². The minimum atomic E-state index is -0.382. The molecule has 0 amide bonds. The van der Waals surface area contributed by atoms with Crippen LogP contribution in [0.5, 0.6) is 0 Å². The summed E-state index contributed by atoms with van der Waals surface area (Å²) in [6, 6.07) is 14.3. The fraction of sp³-hybridized carbons (Fsp3) is 0.300. The first-order valence-electron chi connectivity index (χ1n) is 8.89. The molecule has 0 fully saturated rings. The van der Waals surface area contributed by atoms with E-state index in [9.17, 15) is 9.50 Å². The van der Waals surface area contributed by atoms with Crippen LogP contribution in [0.25, 0.3) is 11.3 Å². The van der Waals surface area contributed by atoms with Gasteiger partial charge in [-0.3, -0.25) is 0 Å². The highest BCUT2D eigenvalue weighted by molar-refractivity contribution is 6.31. The molecule has 0 unspecified atom stereocenters. The number of rotatable bonds is 8. The van der Waals surface area contributed by atoms with Gasteiger partial charge in [-0.15, -0.1) is 0 Å². The molecule has 0 aliphatic carbocycles. The van der Waals surface area contributed by atoms with Gasteiger partial charge in [0.2, 0.25) is 0 Å². The van der Waals surface area contributed by atoms with E-state index >= 15 is 0 Å². The molecule has 142 valence electrons. The van der Waals surface area contributed by atoms with Gasteiger partial charge in [0.05, 0.1) is 13.2 Å². The first-order valence-corrected chi connectivity index (χ1v) is 9.26. The average molecular weight is 389 g/mol. The van der Waals surface area contributed by atoms with Crippen LogP contribution in [-0.2, 0) is 13.1 Å². The Morgan fingerprint density at radius 3 is 2.59 bits per heavy atom. The zero-order valence-electron chi connectivity index (χ0n) is 15.1. The molecule has 3 rings (SSSR count). The third kappa shape index (κ3) is 4.71. The van der Waals surface area contributed by atoms with Crippen molar-refractivity contribution in [1.82, 2.24) is 20.3 Å². The lowest BCUT2D eigenvalue weighted by Gasteiger charge is -2.12. The lowest BCUT2D eigenvalue weighted by molar-refractivity contribution is 0.238. The van der Waals surface area contributed by atoms with Crippen LogP contribution in [0.1, 0.15) is 24.6 Å². The van der Waals surface area contributed by atoms with E-state index in [4.69, 9.17) is 11.6 Å². The van der Waals surface area contributed by atoms with Gasteiger partial charge >= 0.3 is 0 Å². The summed E-state index contributed by atoms with van der Waals surface area (Å²) in [5.74, 6) is -0.382. The van der Waals surface area contributed by atoms with Crippen LogP contribution >= 0.6 is 11.6 Å². The number of halogens is 2. The largest absolute Gasteiger partial charge is 0.395 e. The normalized spacial score (nSPS) is 12.3. The van der Waals surface area contributed by atoms with Crippen molar-refractivity contribution in [2.75, 3.05) is 6.61 Å². The first-order chi connectivity index (χ1) is 13.1. The van der Waals surface area contributed by atoms with Gasteiger partial charge in [-0.1, -0.05) is 54.9 Å². The van der Waals surface area contributed by atoms with Gasteiger partial charge in [-0.25, -0.2) is 4.39 Å². The standard InChI is InChI=1S/C20H22ClFN4O/c1-2-15(13-27)23-11-19-20(14-7-4-3-5-8-14)25-26(24-19)12-16-17(21)9-6-10-18(16)22/h3-10,15,23,27H,2,11-13H2,1H3/t15-/m0/s1. The smallest absolute Gasteiger partial charge is 0.129 e. The summed E-state index contributed by atoms with van der Waals surface area (Å²) in [4.78, 5) is 1.46. The molecule has 2 aromatic carbocycles. The van der Waals surface area contributed by atoms with Crippen LogP contribution in [0.3, 0.4) is 0 Å². The Labute approximate surface area is 162 Å². The summed E-state index contributed by atoms with van der Waals surface area (Å²) in [5, 5.41) is 22.1. The summed E-state index contributed by atoms with van der Waals surface area (Å²) in [7, 11) is 0. The molecule has 7 heteroatoms. The number of nitrogens with zero attached hydrogens (tertiary/aromatic N) is 3. The van der Waals surface area contributed by atoms with Gasteiger partial charge in [0.15, 0.2) is 0 Å². The first kappa shape index (κ1) is 19.5. The van der Waals surface area contributed by atoms with Crippen molar-refractivity contribution in [1.29, 1.82) is 0 Å². The third-order valence-electron chi connectivity index (χ3n) is 4.40. The highest BCUT2D eigenvalue weighted by Crippen LogP contribution is 2.23. The van der Waals surface area contributed by atoms with Crippen molar-refractivity contribution >= 4 is 11.6 Å². The fourth-order valence-electron chi connectivity index (χ4n) is 2.80. The topological polar surface area (TPSA) is 63.0 Å². The molecular formula is C20H22ClFN4O. The molecule has 0 radical (unpaired) electrons. The highest BCUT2D eigenvalue weighted by Gasteiger charge is 2.16. The van der Waals surface area contributed by atoms with Crippen LogP contribution in [0, 0.1) is 5.82 Å². The van der Waals surface area contributed by atoms with E-state index in [2.05, 4.69) is 15.5 Å². The Morgan fingerprint density at radius 1 is 1.15 bits per heavy atom. The lowest BCUT2D eigenvalue weighted by Crippen LogP contribution is -2.31. The predicted molar refractivity (Wildman–Crippen MR) is 104 cm³/mol. The van der Waals surface area contributed by atoms with Gasteiger partial charge in [0.25, 0.3) is 0 Å². The van der Waals surface area contributed by atoms with E-state index in [1.54, 1.807) is 12.1 Å². The Bertz CT molecular complexity index is 861. The third-order valence-corrected chi connectivity index (χ3v) is 4.76. The van der Waals surface area contributed by atoms with E-state index in [0.717, 1.165) is 23.4 Å². The number of nitrogens with one attached hydrogen (secondary N) is 1. The highest BCUT2D eigenvalue weighted by atomic mass is 35.5. The molecule has 0 saturated heterocycles. The van der Waals surface area contributed by atoms with Crippen molar-refractivity contribution < 1.29 is 9.50 Å². The molecule has 0 bridgehead atoms. The number of aliphatic hydroxyl groups excluding tert-OH is 1. The number of benzene rings is 2. The second-order valence-corrected chi connectivity index (χ2v) is 6.67. The van der Waals surface area contributed by atoms with Gasteiger partial charge < -0.3 is 10.4 Å². The molecule has 1 atom stereocenters. The second kappa shape index (κ2) is 9.08. The molecule has 0 aliphatic rings. The molecule has 5 nitrogen and oxygen atoms in total. The lowest BCUT2D eigenvalue weighted by atomic mass is 10.1. The minimum absolute atomic E-state index is 0.0141. The average Bonchev–Trinajstić information content (AvgIpc) is 3.09. The van der Waals surface area contributed by atoms with E-state index in [0.29, 0.717) is 17.1 Å². The van der Waals surface area contributed by atoms with Crippen molar-refractivity contribution in [3.8, 4) is 11.3 Å². The second-order valence-electron chi connectivity index (χ2n) is 6.26. The number of aliphatic hydroxyl groups is 1. The van der Waals surface area contributed by atoms with Crippen LogP contribution in [0.4, 0.5) is 4.39 Å². The van der Waals surface area contributed by atoms with Gasteiger partial charge in [-0.05, 0) is 18.6 Å². The zero-order valence-corrected chi connectivity index (χ0v) is 15.8. The van der Waals surface area contributed by atoms with E-state index < -0.39 is 0 Å². The van der Waals surface area contributed by atoms with Gasteiger partial charge in [0, 0.05) is 28.7 Å². The molecule has 1 heterocycles. The predicted octanol–water partition coefficient (Wildman–Crippen LogP) is 3.65. The summed E-state index contributed by atoms with van der Waals surface area (Å²) in [6.45, 7) is 2.65. The summed E-state index contributed by atoms with van der Waals surface area (Å²) < 4.78 is 14.1.